The van der Waals surface area contributed by atoms with Crippen LogP contribution in [0.4, 0.5) is 0 Å². The van der Waals surface area contributed by atoms with Crippen LogP contribution in [0.5, 0.6) is 0 Å². The number of pyridine rings is 1. The van der Waals surface area contributed by atoms with Crippen LogP contribution in [-0.2, 0) is 15.4 Å². The molecule has 0 saturated heterocycles. The number of thiophene rings is 1. The fourth-order valence-corrected chi connectivity index (χ4v) is 6.67. The summed E-state index contributed by atoms with van der Waals surface area (Å²) in [6, 6.07) is 17.8. The van der Waals surface area contributed by atoms with Gasteiger partial charge in [-0.25, -0.2) is 4.79 Å². The summed E-state index contributed by atoms with van der Waals surface area (Å²) in [5, 5.41) is 11.7. The average Bonchev–Trinajstić information content (AvgIpc) is 3.46. The van der Waals surface area contributed by atoms with Crippen molar-refractivity contribution in [3.05, 3.63) is 86.7 Å². The second kappa shape index (κ2) is 7.91. The van der Waals surface area contributed by atoms with Crippen molar-refractivity contribution in [2.45, 2.75) is 23.5 Å². The molecule has 5 rings (SSSR count). The van der Waals surface area contributed by atoms with Crippen molar-refractivity contribution in [3.8, 4) is 11.8 Å². The molecule has 2 aromatic carbocycles. The fourth-order valence-electron chi connectivity index (χ4n) is 3.88. The molecule has 0 aliphatic heterocycles. The van der Waals surface area contributed by atoms with E-state index < -0.39 is 21.1 Å². The minimum absolute atomic E-state index is 0.0640. The molecule has 0 fully saturated rings. The Morgan fingerprint density at radius 2 is 1.85 bits per heavy atom. The van der Waals surface area contributed by atoms with E-state index in [1.165, 1.54) is 16.8 Å². The van der Waals surface area contributed by atoms with Crippen molar-refractivity contribution in [1.82, 2.24) is 13.5 Å². The van der Waals surface area contributed by atoms with Crippen LogP contribution in [0.3, 0.4) is 0 Å². The lowest BCUT2D eigenvalue weighted by molar-refractivity contribution is 0.588. The monoisotopic (exact) mass is 552 g/mol. The summed E-state index contributed by atoms with van der Waals surface area (Å²) < 4.78 is 30.0. The lowest BCUT2D eigenvalue weighted by atomic mass is 9.86. The number of hydrogen-bond acceptors (Lipinski definition) is 6. The molecule has 0 bridgehead atoms. The van der Waals surface area contributed by atoms with E-state index in [1.807, 2.05) is 26.0 Å². The highest BCUT2D eigenvalue weighted by atomic mass is 79.9. The van der Waals surface area contributed by atoms with Crippen molar-refractivity contribution in [2.24, 2.45) is 0 Å². The molecule has 5 aromatic rings. The van der Waals surface area contributed by atoms with Crippen LogP contribution in [0.25, 0.3) is 27.6 Å². The largest absolute Gasteiger partial charge is 0.348 e. The van der Waals surface area contributed by atoms with Crippen molar-refractivity contribution in [1.29, 1.82) is 5.26 Å². The minimum Gasteiger partial charge on any atom is -0.259 e. The number of fused-ring (bicyclic) bond motifs is 3. The molecule has 0 spiro atoms. The third-order valence-corrected chi connectivity index (χ3v) is 9.26. The lowest BCUT2D eigenvalue weighted by Gasteiger charge is -2.16. The molecule has 3 aromatic heterocycles. The fraction of sp³-hybridized carbons (Fsp3) is 0.125. The first kappa shape index (κ1) is 22.5. The summed E-state index contributed by atoms with van der Waals surface area (Å²) in [6.45, 7) is 3.62. The van der Waals surface area contributed by atoms with Gasteiger partial charge in [-0.05, 0) is 61.2 Å². The number of rotatable bonds is 4. The molecule has 3 heterocycles. The lowest BCUT2D eigenvalue weighted by Crippen LogP contribution is -2.28. The first-order chi connectivity index (χ1) is 16.1. The Balaban J connectivity index is 1.90. The maximum atomic E-state index is 13.8. The number of hydrogen-bond donors (Lipinski definition) is 0. The first-order valence-electron chi connectivity index (χ1n) is 10.2. The van der Waals surface area contributed by atoms with Crippen LogP contribution in [-0.4, -0.2) is 21.9 Å². The number of benzene rings is 2. The van der Waals surface area contributed by atoms with Gasteiger partial charge in [0.25, 0.3) is 10.0 Å². The molecule has 0 unspecified atom stereocenters. The zero-order valence-electron chi connectivity index (χ0n) is 18.1. The van der Waals surface area contributed by atoms with Crippen LogP contribution < -0.4 is 5.69 Å². The normalized spacial score (nSPS) is 12.3. The summed E-state index contributed by atoms with van der Waals surface area (Å²) in [6.07, 6.45) is 1.42. The van der Waals surface area contributed by atoms with Gasteiger partial charge >= 0.3 is 5.69 Å². The zero-order valence-corrected chi connectivity index (χ0v) is 21.3. The Hall–Kier alpha value is -3.26. The molecule has 0 atom stereocenters. The summed E-state index contributed by atoms with van der Waals surface area (Å²) in [7, 11) is -4.15. The number of halogens is 1. The molecule has 34 heavy (non-hydrogen) atoms. The SMILES string of the molecule is CC(C)(C#N)c1ccc(-n2c(=O)n(S(=O)(=O)c3cccs3)c3cnc4ccc(Br)cc4c32)cc1. The highest BCUT2D eigenvalue weighted by Gasteiger charge is 2.28. The van der Waals surface area contributed by atoms with Gasteiger partial charge in [-0.3, -0.25) is 9.55 Å². The van der Waals surface area contributed by atoms with E-state index in [-0.39, 0.29) is 9.73 Å². The van der Waals surface area contributed by atoms with E-state index in [9.17, 15) is 18.5 Å². The van der Waals surface area contributed by atoms with Gasteiger partial charge < -0.3 is 0 Å². The highest BCUT2D eigenvalue weighted by Crippen LogP contribution is 2.31. The van der Waals surface area contributed by atoms with Crippen LogP contribution in [0.2, 0.25) is 0 Å². The van der Waals surface area contributed by atoms with Crippen molar-refractivity contribution >= 4 is 59.2 Å². The zero-order chi connectivity index (χ0) is 24.3. The Labute approximate surface area is 207 Å². The van der Waals surface area contributed by atoms with E-state index in [0.29, 0.717) is 22.1 Å². The third-order valence-electron chi connectivity index (χ3n) is 5.71. The number of aromatic nitrogens is 3. The van der Waals surface area contributed by atoms with Gasteiger partial charge in [0.15, 0.2) is 0 Å². The van der Waals surface area contributed by atoms with Crippen LogP contribution in [0.15, 0.2) is 79.7 Å². The van der Waals surface area contributed by atoms with Crippen LogP contribution in [0.1, 0.15) is 19.4 Å². The van der Waals surface area contributed by atoms with Gasteiger partial charge in [0.1, 0.15) is 9.73 Å². The molecule has 0 N–H and O–H groups in total. The Morgan fingerprint density at radius 1 is 1.12 bits per heavy atom. The van der Waals surface area contributed by atoms with Gasteiger partial charge in [0.05, 0.1) is 34.4 Å². The molecular formula is C24H17BrN4O3S2. The van der Waals surface area contributed by atoms with Gasteiger partial charge in [0.2, 0.25) is 0 Å². The summed E-state index contributed by atoms with van der Waals surface area (Å²) in [4.78, 5) is 18.2. The minimum atomic E-state index is -4.15. The van der Waals surface area contributed by atoms with E-state index >= 15 is 0 Å². The highest BCUT2D eigenvalue weighted by molar-refractivity contribution is 9.10. The summed E-state index contributed by atoms with van der Waals surface area (Å²) in [5.74, 6) is 0. The molecule has 0 amide bonds. The summed E-state index contributed by atoms with van der Waals surface area (Å²) in [5.41, 5.74) is 1.09. The molecule has 0 aliphatic carbocycles. The average molecular weight is 553 g/mol. The Kier molecular flexibility index (Phi) is 5.24. The molecule has 170 valence electrons. The number of imidazole rings is 1. The molecule has 0 saturated carbocycles. The van der Waals surface area contributed by atoms with E-state index in [1.54, 1.807) is 41.8 Å². The third kappa shape index (κ3) is 3.39. The maximum Gasteiger partial charge on any atom is 0.348 e. The van der Waals surface area contributed by atoms with Crippen LogP contribution in [0, 0.1) is 11.3 Å². The van der Waals surface area contributed by atoms with Gasteiger partial charge in [-0.1, -0.05) is 34.1 Å². The smallest absolute Gasteiger partial charge is 0.259 e. The predicted molar refractivity (Wildman–Crippen MR) is 136 cm³/mol. The molecular weight excluding hydrogens is 536 g/mol. The second-order valence-corrected chi connectivity index (χ2v) is 12.1. The second-order valence-electron chi connectivity index (χ2n) is 8.26. The number of nitrogens with zero attached hydrogens (tertiary/aromatic N) is 4. The van der Waals surface area contributed by atoms with E-state index in [0.717, 1.165) is 25.3 Å². The molecule has 10 heteroatoms. The topological polar surface area (TPSA) is 97.7 Å². The number of nitriles is 1. The predicted octanol–water partition coefficient (Wildman–Crippen LogP) is 5.20. The molecule has 0 aliphatic rings. The van der Waals surface area contributed by atoms with Gasteiger partial charge in [-0.2, -0.15) is 17.7 Å². The summed E-state index contributed by atoms with van der Waals surface area (Å²) >= 11 is 4.51. The van der Waals surface area contributed by atoms with E-state index in [4.69, 9.17) is 0 Å². The standard InChI is InChI=1S/C24H17BrN4O3S2/c1-24(2,14-26)15-5-8-17(9-6-15)28-22-18-12-16(25)7-10-19(18)27-13-20(22)29(23(28)30)34(31,32)21-4-3-11-33-21/h3-13H,1-2H3. The van der Waals surface area contributed by atoms with Crippen LogP contribution >= 0.6 is 27.3 Å². The molecule has 7 nitrogen and oxygen atoms in total. The van der Waals surface area contributed by atoms with Crippen molar-refractivity contribution in [2.75, 3.05) is 0 Å². The van der Waals surface area contributed by atoms with E-state index in [2.05, 4.69) is 27.0 Å². The quantitative estimate of drug-likeness (QED) is 0.305. The Bertz CT molecular complexity index is 1780. The molecule has 0 radical (unpaired) electrons. The first-order valence-corrected chi connectivity index (χ1v) is 13.3. The van der Waals surface area contributed by atoms with Gasteiger partial charge in [-0.15, -0.1) is 11.3 Å². The Morgan fingerprint density at radius 3 is 2.50 bits per heavy atom. The van der Waals surface area contributed by atoms with Gasteiger partial charge in [0, 0.05) is 9.86 Å². The van der Waals surface area contributed by atoms with Crippen molar-refractivity contribution in [3.63, 3.8) is 0 Å². The van der Waals surface area contributed by atoms with Crippen molar-refractivity contribution < 1.29 is 8.42 Å². The maximum absolute atomic E-state index is 13.8.